The summed E-state index contributed by atoms with van der Waals surface area (Å²) < 4.78 is 0. The summed E-state index contributed by atoms with van der Waals surface area (Å²) in [5, 5.41) is 9.60. The molecule has 0 aliphatic heterocycles. The fourth-order valence-electron chi connectivity index (χ4n) is 2.70. The summed E-state index contributed by atoms with van der Waals surface area (Å²) in [5.74, 6) is 2.02. The van der Waals surface area contributed by atoms with Crippen molar-refractivity contribution in [3.05, 3.63) is 11.6 Å². The second kappa shape index (κ2) is 4.85. The Morgan fingerprint density at radius 1 is 1.53 bits per heavy atom. The van der Waals surface area contributed by atoms with Crippen molar-refractivity contribution in [2.45, 2.75) is 46.1 Å². The van der Waals surface area contributed by atoms with Gasteiger partial charge >= 0.3 is 0 Å². The Kier molecular flexibility index (Phi) is 3.45. The highest BCUT2D eigenvalue weighted by Gasteiger charge is 2.33. The third-order valence-electron chi connectivity index (χ3n) is 3.87. The van der Waals surface area contributed by atoms with Gasteiger partial charge in [0, 0.05) is 6.04 Å². The van der Waals surface area contributed by atoms with E-state index in [0.717, 1.165) is 12.3 Å². The van der Waals surface area contributed by atoms with Crippen LogP contribution in [0.5, 0.6) is 0 Å². The lowest BCUT2D eigenvalue weighted by Gasteiger charge is -2.20. The monoisotopic (exact) mass is 236 g/mol. The second-order valence-electron chi connectivity index (χ2n) is 4.93. The number of aromatic amines is 1. The number of hydrogen-bond acceptors (Lipinski definition) is 3. The Labute approximate surface area is 101 Å². The van der Waals surface area contributed by atoms with Crippen LogP contribution >= 0.6 is 0 Å². The number of amides is 1. The zero-order valence-electron chi connectivity index (χ0n) is 10.7. The second-order valence-corrected chi connectivity index (χ2v) is 4.93. The highest BCUT2D eigenvalue weighted by Crippen LogP contribution is 2.33. The lowest BCUT2D eigenvalue weighted by Crippen LogP contribution is -2.38. The quantitative estimate of drug-likeness (QED) is 0.838. The normalized spacial score (nSPS) is 28.3. The van der Waals surface area contributed by atoms with Crippen LogP contribution in [0.15, 0.2) is 0 Å². The molecule has 5 nitrogen and oxygen atoms in total. The lowest BCUT2D eigenvalue weighted by atomic mass is 9.93. The molecule has 1 aromatic heterocycles. The summed E-state index contributed by atoms with van der Waals surface area (Å²) in [6.45, 7) is 6.22. The van der Waals surface area contributed by atoms with E-state index in [4.69, 9.17) is 0 Å². The largest absolute Gasteiger partial charge is 0.346 e. The van der Waals surface area contributed by atoms with Gasteiger partial charge in [0.05, 0.1) is 0 Å². The summed E-state index contributed by atoms with van der Waals surface area (Å²) in [7, 11) is 0. The maximum atomic E-state index is 11.9. The van der Waals surface area contributed by atoms with Gasteiger partial charge in [-0.15, -0.1) is 5.10 Å². The van der Waals surface area contributed by atoms with Gasteiger partial charge in [0.1, 0.15) is 5.82 Å². The predicted molar refractivity (Wildman–Crippen MR) is 64.6 cm³/mol. The molecule has 3 unspecified atom stereocenters. The van der Waals surface area contributed by atoms with Crippen LogP contribution in [0.2, 0.25) is 0 Å². The van der Waals surface area contributed by atoms with Gasteiger partial charge in [0.15, 0.2) is 0 Å². The zero-order chi connectivity index (χ0) is 12.4. The summed E-state index contributed by atoms with van der Waals surface area (Å²) in [6, 6.07) is 0.270. The number of aromatic nitrogens is 3. The number of carbonyl (C=O) groups excluding carboxylic acids is 1. The van der Waals surface area contributed by atoms with E-state index in [1.807, 2.05) is 0 Å². The molecule has 2 N–H and O–H groups in total. The first kappa shape index (κ1) is 12.1. The third kappa shape index (κ3) is 2.48. The number of rotatable bonds is 3. The Morgan fingerprint density at radius 2 is 2.29 bits per heavy atom. The van der Waals surface area contributed by atoms with E-state index in [1.165, 1.54) is 12.8 Å². The maximum absolute atomic E-state index is 11.9. The Bertz CT molecular complexity index is 401. The molecule has 1 aliphatic rings. The molecule has 1 amide bonds. The first-order chi connectivity index (χ1) is 8.11. The number of carbonyl (C=O) groups is 1. The first-order valence-corrected chi connectivity index (χ1v) is 6.31. The number of aryl methyl sites for hydroxylation is 1. The molecular formula is C12H20N4O. The van der Waals surface area contributed by atoms with Crippen molar-refractivity contribution < 1.29 is 4.79 Å². The minimum absolute atomic E-state index is 0.164. The Morgan fingerprint density at radius 3 is 2.82 bits per heavy atom. The van der Waals surface area contributed by atoms with Crippen molar-refractivity contribution >= 4 is 5.91 Å². The van der Waals surface area contributed by atoms with E-state index in [9.17, 15) is 4.79 Å². The van der Waals surface area contributed by atoms with Gasteiger partial charge in [-0.2, -0.15) is 0 Å². The molecule has 1 aliphatic carbocycles. The molecule has 1 heterocycles. The first-order valence-electron chi connectivity index (χ1n) is 6.31. The van der Waals surface area contributed by atoms with Gasteiger partial charge in [0.25, 0.3) is 5.91 Å². The number of H-pyrrole nitrogens is 1. The molecule has 17 heavy (non-hydrogen) atoms. The van der Waals surface area contributed by atoms with E-state index in [-0.39, 0.29) is 17.8 Å². The average Bonchev–Trinajstić information content (AvgIpc) is 2.87. The van der Waals surface area contributed by atoms with Gasteiger partial charge in [-0.3, -0.25) is 9.89 Å². The van der Waals surface area contributed by atoms with Crippen LogP contribution in [-0.2, 0) is 0 Å². The van der Waals surface area contributed by atoms with E-state index in [2.05, 4.69) is 34.3 Å². The van der Waals surface area contributed by atoms with Gasteiger partial charge in [0.2, 0.25) is 5.82 Å². The van der Waals surface area contributed by atoms with Crippen LogP contribution < -0.4 is 5.32 Å². The van der Waals surface area contributed by atoms with Crippen LogP contribution in [0, 0.1) is 18.8 Å². The molecule has 0 spiro atoms. The van der Waals surface area contributed by atoms with Crippen LogP contribution in [0.3, 0.4) is 0 Å². The molecule has 0 bridgehead atoms. The van der Waals surface area contributed by atoms with Crippen molar-refractivity contribution in [3.8, 4) is 0 Å². The maximum Gasteiger partial charge on any atom is 0.291 e. The Hall–Kier alpha value is -1.39. The minimum Gasteiger partial charge on any atom is -0.346 e. The molecule has 1 fully saturated rings. The van der Waals surface area contributed by atoms with Crippen molar-refractivity contribution in [2.24, 2.45) is 11.8 Å². The van der Waals surface area contributed by atoms with Crippen LogP contribution in [0.25, 0.3) is 0 Å². The van der Waals surface area contributed by atoms with E-state index in [1.54, 1.807) is 6.92 Å². The number of nitrogens with zero attached hydrogens (tertiary/aromatic N) is 2. The highest BCUT2D eigenvalue weighted by atomic mass is 16.2. The summed E-state index contributed by atoms with van der Waals surface area (Å²) >= 11 is 0. The molecule has 3 atom stereocenters. The standard InChI is InChI=1S/C12H20N4O/c1-4-9-5-6-10(7(9)2)14-12(17)11-13-8(3)15-16-11/h7,9-10H,4-6H2,1-3H3,(H,14,17)(H,13,15,16). The molecule has 1 saturated carbocycles. The lowest BCUT2D eigenvalue weighted by molar-refractivity contribution is 0.0916. The summed E-state index contributed by atoms with van der Waals surface area (Å²) in [5.41, 5.74) is 0. The van der Waals surface area contributed by atoms with Gasteiger partial charge in [-0.1, -0.05) is 20.3 Å². The van der Waals surface area contributed by atoms with Gasteiger partial charge in [-0.05, 0) is 31.6 Å². The molecule has 1 aromatic rings. The molecule has 0 radical (unpaired) electrons. The molecular weight excluding hydrogens is 216 g/mol. The highest BCUT2D eigenvalue weighted by molar-refractivity contribution is 5.90. The smallest absolute Gasteiger partial charge is 0.291 e. The number of nitrogens with one attached hydrogen (secondary N) is 2. The van der Waals surface area contributed by atoms with Crippen molar-refractivity contribution in [1.29, 1.82) is 0 Å². The van der Waals surface area contributed by atoms with Crippen molar-refractivity contribution in [1.82, 2.24) is 20.5 Å². The van der Waals surface area contributed by atoms with Crippen LogP contribution in [0.1, 0.15) is 49.6 Å². The SMILES string of the molecule is CCC1CCC(NC(=O)c2n[nH]c(C)n2)C1C. The Balaban J connectivity index is 1.96. The van der Waals surface area contributed by atoms with Crippen molar-refractivity contribution in [3.63, 3.8) is 0 Å². The van der Waals surface area contributed by atoms with Crippen LogP contribution in [-0.4, -0.2) is 27.1 Å². The topological polar surface area (TPSA) is 70.7 Å². The molecule has 94 valence electrons. The molecule has 0 aromatic carbocycles. The van der Waals surface area contributed by atoms with Crippen LogP contribution in [0.4, 0.5) is 0 Å². The minimum atomic E-state index is -0.164. The fraction of sp³-hybridized carbons (Fsp3) is 0.750. The summed E-state index contributed by atoms with van der Waals surface area (Å²) in [4.78, 5) is 15.9. The zero-order valence-corrected chi connectivity index (χ0v) is 10.7. The number of hydrogen-bond donors (Lipinski definition) is 2. The van der Waals surface area contributed by atoms with Gasteiger partial charge in [-0.25, -0.2) is 4.98 Å². The van der Waals surface area contributed by atoms with Gasteiger partial charge < -0.3 is 5.32 Å². The molecule has 0 saturated heterocycles. The van der Waals surface area contributed by atoms with E-state index < -0.39 is 0 Å². The third-order valence-corrected chi connectivity index (χ3v) is 3.87. The van der Waals surface area contributed by atoms with Crippen molar-refractivity contribution in [2.75, 3.05) is 0 Å². The molecule has 5 heteroatoms. The van der Waals surface area contributed by atoms with E-state index >= 15 is 0 Å². The molecule has 2 rings (SSSR count). The van der Waals surface area contributed by atoms with E-state index in [0.29, 0.717) is 11.7 Å². The summed E-state index contributed by atoms with van der Waals surface area (Å²) in [6.07, 6.45) is 3.46. The predicted octanol–water partition coefficient (Wildman–Crippen LogP) is 1.67. The fourth-order valence-corrected chi connectivity index (χ4v) is 2.70. The average molecular weight is 236 g/mol.